The van der Waals surface area contributed by atoms with Crippen LogP contribution in [-0.4, -0.2) is 35.7 Å². The number of rotatable bonds is 9. The van der Waals surface area contributed by atoms with Gasteiger partial charge in [-0.25, -0.2) is 0 Å². The molecule has 21 heavy (non-hydrogen) atoms. The largest absolute Gasteiger partial charge is 0.411 e. The molecule has 4 nitrogen and oxygen atoms in total. The van der Waals surface area contributed by atoms with Crippen LogP contribution in [0.1, 0.15) is 31.5 Å². The van der Waals surface area contributed by atoms with Crippen molar-refractivity contribution in [1.29, 1.82) is 0 Å². The molecule has 0 aromatic carbocycles. The number of nitrogens with zero attached hydrogens (tertiary/aromatic N) is 2. The Hall–Kier alpha value is -1.08. The van der Waals surface area contributed by atoms with E-state index in [1.54, 1.807) is 4.68 Å². The Balaban J connectivity index is 2.27. The molecule has 1 N–H and O–H groups in total. The van der Waals surface area contributed by atoms with Crippen LogP contribution in [0.3, 0.4) is 0 Å². The molecule has 0 atom stereocenters. The maximum atomic E-state index is 11.9. The van der Waals surface area contributed by atoms with E-state index >= 15 is 0 Å². The van der Waals surface area contributed by atoms with Crippen molar-refractivity contribution >= 4 is 0 Å². The minimum Gasteiger partial charge on any atom is -0.372 e. The normalized spacial score (nSPS) is 12.3. The number of hydrogen-bond acceptors (Lipinski definition) is 3. The maximum Gasteiger partial charge on any atom is 0.411 e. The van der Waals surface area contributed by atoms with Crippen molar-refractivity contribution in [1.82, 2.24) is 15.1 Å². The molecule has 0 saturated carbocycles. The zero-order valence-corrected chi connectivity index (χ0v) is 12.8. The molecule has 122 valence electrons. The van der Waals surface area contributed by atoms with E-state index in [-0.39, 0.29) is 6.61 Å². The van der Waals surface area contributed by atoms with Crippen molar-refractivity contribution in [2.45, 2.75) is 46.5 Å². The van der Waals surface area contributed by atoms with Gasteiger partial charge in [0.25, 0.3) is 0 Å². The lowest BCUT2D eigenvalue weighted by Crippen LogP contribution is -2.19. The van der Waals surface area contributed by atoms with Crippen LogP contribution in [0.2, 0.25) is 0 Å². The second kappa shape index (κ2) is 8.38. The van der Waals surface area contributed by atoms with E-state index in [9.17, 15) is 13.2 Å². The lowest BCUT2D eigenvalue weighted by Gasteiger charge is -2.07. The van der Waals surface area contributed by atoms with E-state index in [2.05, 4.69) is 29.0 Å². The van der Waals surface area contributed by atoms with Crippen molar-refractivity contribution < 1.29 is 17.9 Å². The molecular weight excluding hydrogens is 283 g/mol. The summed E-state index contributed by atoms with van der Waals surface area (Å²) in [5.41, 5.74) is 2.06. The number of alkyl halides is 3. The summed E-state index contributed by atoms with van der Waals surface area (Å²) in [5.74, 6) is 0.589. The molecule has 1 rings (SSSR count). The Morgan fingerprint density at radius 1 is 1.38 bits per heavy atom. The molecule has 1 aromatic rings. The van der Waals surface area contributed by atoms with E-state index in [0.29, 0.717) is 18.9 Å². The minimum atomic E-state index is -4.25. The van der Waals surface area contributed by atoms with Gasteiger partial charge < -0.3 is 10.1 Å². The van der Waals surface area contributed by atoms with Gasteiger partial charge in [0, 0.05) is 31.5 Å². The van der Waals surface area contributed by atoms with Gasteiger partial charge in [-0.3, -0.25) is 4.68 Å². The molecule has 0 unspecified atom stereocenters. The van der Waals surface area contributed by atoms with Crippen LogP contribution in [0.25, 0.3) is 0 Å². The monoisotopic (exact) mass is 307 g/mol. The summed E-state index contributed by atoms with van der Waals surface area (Å²) in [6, 6.07) is 0. The average molecular weight is 307 g/mol. The Morgan fingerprint density at radius 3 is 2.71 bits per heavy atom. The smallest absolute Gasteiger partial charge is 0.372 e. The lowest BCUT2D eigenvalue weighted by atomic mass is 10.2. The number of hydrogen-bond donors (Lipinski definition) is 1. The Labute approximate surface area is 123 Å². The van der Waals surface area contributed by atoms with Crippen LogP contribution in [0, 0.1) is 12.8 Å². The minimum absolute atomic E-state index is 0.0827. The molecule has 0 spiro atoms. The van der Waals surface area contributed by atoms with Crippen LogP contribution < -0.4 is 5.32 Å². The summed E-state index contributed by atoms with van der Waals surface area (Å²) in [7, 11) is 0. The second-order valence-corrected chi connectivity index (χ2v) is 5.55. The van der Waals surface area contributed by atoms with Crippen LogP contribution >= 0.6 is 0 Å². The number of aromatic nitrogens is 2. The highest BCUT2D eigenvalue weighted by Gasteiger charge is 2.27. The van der Waals surface area contributed by atoms with Crippen molar-refractivity contribution in [3.63, 3.8) is 0 Å². The van der Waals surface area contributed by atoms with Gasteiger partial charge in [-0.05, 0) is 25.8 Å². The zero-order valence-electron chi connectivity index (χ0n) is 12.8. The van der Waals surface area contributed by atoms with E-state index in [4.69, 9.17) is 0 Å². The summed E-state index contributed by atoms with van der Waals surface area (Å²) in [6.07, 6.45) is -1.81. The first-order valence-electron chi connectivity index (χ1n) is 7.16. The molecule has 0 saturated heterocycles. The Bertz CT molecular complexity index is 416. The van der Waals surface area contributed by atoms with Gasteiger partial charge in [0.2, 0.25) is 0 Å². The molecule has 0 radical (unpaired) electrons. The molecule has 7 heteroatoms. The van der Waals surface area contributed by atoms with Gasteiger partial charge in [-0.2, -0.15) is 18.3 Å². The molecule has 0 amide bonds. The first-order valence-corrected chi connectivity index (χ1v) is 7.16. The van der Waals surface area contributed by atoms with Crippen molar-refractivity contribution in [2.75, 3.05) is 19.8 Å². The van der Waals surface area contributed by atoms with E-state index in [0.717, 1.165) is 24.3 Å². The van der Waals surface area contributed by atoms with Crippen LogP contribution in [0.4, 0.5) is 13.2 Å². The fraction of sp³-hybridized carbons (Fsp3) is 0.786. The second-order valence-electron chi connectivity index (χ2n) is 5.55. The predicted molar refractivity (Wildman–Crippen MR) is 75.0 cm³/mol. The third-order valence-electron chi connectivity index (χ3n) is 2.86. The van der Waals surface area contributed by atoms with Crippen LogP contribution in [0.5, 0.6) is 0 Å². The number of ether oxygens (including phenoxy) is 1. The number of halogens is 3. The fourth-order valence-electron chi connectivity index (χ4n) is 1.86. The van der Waals surface area contributed by atoms with Crippen molar-refractivity contribution in [3.05, 3.63) is 17.5 Å². The highest BCUT2D eigenvalue weighted by Crippen LogP contribution is 2.14. The third kappa shape index (κ3) is 8.06. The fourth-order valence-corrected chi connectivity index (χ4v) is 1.86. The number of nitrogens with one attached hydrogen (secondary N) is 1. The highest BCUT2D eigenvalue weighted by atomic mass is 19.4. The Morgan fingerprint density at radius 2 is 2.10 bits per heavy atom. The summed E-state index contributed by atoms with van der Waals surface area (Å²) in [5, 5.41) is 7.70. The molecule has 0 bridgehead atoms. The first-order chi connectivity index (χ1) is 9.78. The van der Waals surface area contributed by atoms with Crippen molar-refractivity contribution in [2.24, 2.45) is 5.92 Å². The number of aryl methyl sites for hydroxylation is 2. The van der Waals surface area contributed by atoms with E-state index in [1.165, 1.54) is 0 Å². The van der Waals surface area contributed by atoms with Gasteiger partial charge >= 0.3 is 6.18 Å². The summed E-state index contributed by atoms with van der Waals surface area (Å²) < 4.78 is 42.0. The lowest BCUT2D eigenvalue weighted by molar-refractivity contribution is -0.174. The zero-order chi connectivity index (χ0) is 15.9. The van der Waals surface area contributed by atoms with Gasteiger partial charge in [-0.1, -0.05) is 13.8 Å². The molecule has 1 heterocycles. The van der Waals surface area contributed by atoms with Crippen LogP contribution in [-0.2, 0) is 17.8 Å². The van der Waals surface area contributed by atoms with Gasteiger partial charge in [-0.15, -0.1) is 0 Å². The third-order valence-corrected chi connectivity index (χ3v) is 2.86. The summed E-state index contributed by atoms with van der Waals surface area (Å²) in [4.78, 5) is 0. The van der Waals surface area contributed by atoms with E-state index < -0.39 is 12.8 Å². The predicted octanol–water partition coefficient (Wildman–Crippen LogP) is 2.91. The first kappa shape index (κ1) is 18.0. The summed E-state index contributed by atoms with van der Waals surface area (Å²) >= 11 is 0. The topological polar surface area (TPSA) is 39.1 Å². The van der Waals surface area contributed by atoms with E-state index in [1.807, 2.05) is 13.1 Å². The molecular formula is C14H24F3N3O. The average Bonchev–Trinajstić information content (AvgIpc) is 2.68. The Kier molecular flexibility index (Phi) is 7.17. The highest BCUT2D eigenvalue weighted by molar-refractivity contribution is 5.14. The SMILES string of the molecule is Cc1nn(CCCOCC(F)(F)F)cc1CNCC(C)C. The maximum absolute atomic E-state index is 11.9. The standard InChI is InChI=1S/C14H24F3N3O/c1-11(2)7-18-8-13-9-20(19-12(13)3)5-4-6-21-10-14(15,16)17/h9,11,18H,4-8,10H2,1-3H3. The van der Waals surface area contributed by atoms with Crippen LogP contribution in [0.15, 0.2) is 6.20 Å². The van der Waals surface area contributed by atoms with Gasteiger partial charge in [0.1, 0.15) is 6.61 Å². The molecule has 1 aromatic heterocycles. The molecule has 0 aliphatic rings. The summed E-state index contributed by atoms with van der Waals surface area (Å²) in [6.45, 7) is 7.37. The van der Waals surface area contributed by atoms with Crippen molar-refractivity contribution in [3.8, 4) is 0 Å². The molecule has 0 fully saturated rings. The molecule has 0 aliphatic carbocycles. The molecule has 0 aliphatic heterocycles. The van der Waals surface area contributed by atoms with Gasteiger partial charge in [0.15, 0.2) is 0 Å². The van der Waals surface area contributed by atoms with Gasteiger partial charge in [0.05, 0.1) is 5.69 Å². The quantitative estimate of drug-likeness (QED) is 0.713.